The van der Waals surface area contributed by atoms with Crippen LogP contribution in [0.15, 0.2) is 23.3 Å². The third-order valence-corrected chi connectivity index (χ3v) is 1.54. The molecule has 0 atom stereocenters. The first-order valence-corrected chi connectivity index (χ1v) is 3.65. The van der Waals surface area contributed by atoms with E-state index in [0.29, 0.717) is 0 Å². The fourth-order valence-electron chi connectivity index (χ4n) is 0.934. The van der Waals surface area contributed by atoms with Crippen molar-refractivity contribution in [1.82, 2.24) is 0 Å². The monoisotopic (exact) mass is 193 g/mol. The normalized spacial score (nSPS) is 8.93. The Morgan fingerprint density at radius 2 is 2.36 bits per heavy atom. The molecule has 0 aliphatic rings. The minimum absolute atomic E-state index is 0.0411. The molecular formula is C8H7N3O3. The lowest BCUT2D eigenvalue weighted by atomic mass is 10.2. The van der Waals surface area contributed by atoms with Gasteiger partial charge in [-0.05, 0) is 23.7 Å². The molecule has 0 spiro atoms. The van der Waals surface area contributed by atoms with Crippen molar-refractivity contribution in [2.45, 2.75) is 0 Å². The van der Waals surface area contributed by atoms with Gasteiger partial charge < -0.3 is 9.84 Å². The number of azide groups is 1. The molecule has 0 unspecified atom stereocenters. The summed E-state index contributed by atoms with van der Waals surface area (Å²) in [6.45, 7) is 0. The van der Waals surface area contributed by atoms with Crippen molar-refractivity contribution in [3.63, 3.8) is 0 Å². The predicted molar refractivity (Wildman–Crippen MR) is 48.3 cm³/mol. The van der Waals surface area contributed by atoms with E-state index in [2.05, 4.69) is 14.8 Å². The topological polar surface area (TPSA) is 95.3 Å². The number of nitrogens with zero attached hydrogens (tertiary/aromatic N) is 3. The van der Waals surface area contributed by atoms with Gasteiger partial charge in [0.25, 0.3) is 0 Å². The molecule has 0 saturated carbocycles. The van der Waals surface area contributed by atoms with Crippen LogP contribution in [-0.2, 0) is 4.74 Å². The summed E-state index contributed by atoms with van der Waals surface area (Å²) in [6.07, 6.45) is 0. The molecule has 1 aromatic rings. The Hall–Kier alpha value is -2.20. The van der Waals surface area contributed by atoms with Crippen LogP contribution in [0.2, 0.25) is 0 Å². The lowest BCUT2D eigenvalue weighted by Gasteiger charge is -2.02. The van der Waals surface area contributed by atoms with Gasteiger partial charge in [0.1, 0.15) is 5.75 Å². The SMILES string of the molecule is COC(=O)c1ccc(O)cc1N=[N+]=[N-]. The summed E-state index contributed by atoms with van der Waals surface area (Å²) in [5, 5.41) is 12.3. The van der Waals surface area contributed by atoms with Crippen molar-refractivity contribution in [1.29, 1.82) is 0 Å². The maximum Gasteiger partial charge on any atom is 0.338 e. The molecule has 72 valence electrons. The summed E-state index contributed by atoms with van der Waals surface area (Å²) < 4.78 is 4.46. The van der Waals surface area contributed by atoms with E-state index in [9.17, 15) is 4.79 Å². The highest BCUT2D eigenvalue weighted by Gasteiger charge is 2.10. The fraction of sp³-hybridized carbons (Fsp3) is 0.125. The van der Waals surface area contributed by atoms with Crippen LogP contribution in [0.5, 0.6) is 5.75 Å². The first kappa shape index (κ1) is 9.88. The molecule has 0 fully saturated rings. The standard InChI is InChI=1S/C8H7N3O3/c1-14-8(13)6-3-2-5(12)4-7(6)10-11-9/h2-4,12H,1H3. The lowest BCUT2D eigenvalue weighted by molar-refractivity contribution is 0.0601. The van der Waals surface area contributed by atoms with E-state index in [1.165, 1.54) is 25.3 Å². The number of benzene rings is 1. The third kappa shape index (κ3) is 1.94. The van der Waals surface area contributed by atoms with E-state index in [1.54, 1.807) is 0 Å². The Labute approximate surface area is 79.4 Å². The zero-order valence-electron chi connectivity index (χ0n) is 7.34. The van der Waals surface area contributed by atoms with Gasteiger partial charge in [-0.3, -0.25) is 0 Å². The molecule has 0 radical (unpaired) electrons. The van der Waals surface area contributed by atoms with Crippen molar-refractivity contribution in [3.05, 3.63) is 34.2 Å². The Balaban J connectivity index is 3.28. The molecule has 6 heteroatoms. The number of carbonyl (C=O) groups excluding carboxylic acids is 1. The Morgan fingerprint density at radius 1 is 1.64 bits per heavy atom. The second-order valence-electron chi connectivity index (χ2n) is 2.38. The molecule has 1 rings (SSSR count). The molecule has 0 heterocycles. The first-order chi connectivity index (χ1) is 6.69. The van der Waals surface area contributed by atoms with Crippen LogP contribution in [-0.4, -0.2) is 18.2 Å². The smallest absolute Gasteiger partial charge is 0.338 e. The van der Waals surface area contributed by atoms with Gasteiger partial charge in [-0.25, -0.2) is 4.79 Å². The van der Waals surface area contributed by atoms with Crippen molar-refractivity contribution in [2.75, 3.05) is 7.11 Å². The molecule has 0 bridgehead atoms. The van der Waals surface area contributed by atoms with E-state index >= 15 is 0 Å². The quantitative estimate of drug-likeness (QED) is 0.337. The molecule has 1 N–H and O–H groups in total. The number of phenolic OH excluding ortho intramolecular Hbond substituents is 1. The van der Waals surface area contributed by atoms with E-state index in [-0.39, 0.29) is 17.0 Å². The zero-order chi connectivity index (χ0) is 10.6. The molecule has 0 aliphatic heterocycles. The van der Waals surface area contributed by atoms with Crippen LogP contribution in [0.25, 0.3) is 10.4 Å². The Kier molecular flexibility index (Phi) is 2.93. The summed E-state index contributed by atoms with van der Waals surface area (Å²) in [5.74, 6) is -0.701. The number of phenols is 1. The number of aromatic hydroxyl groups is 1. The highest BCUT2D eigenvalue weighted by Crippen LogP contribution is 2.25. The maximum absolute atomic E-state index is 11.1. The van der Waals surface area contributed by atoms with Gasteiger partial charge in [0.15, 0.2) is 0 Å². The fourth-order valence-corrected chi connectivity index (χ4v) is 0.934. The average Bonchev–Trinajstić information content (AvgIpc) is 2.17. The van der Waals surface area contributed by atoms with Gasteiger partial charge in [0, 0.05) is 4.91 Å². The summed E-state index contributed by atoms with van der Waals surface area (Å²) in [4.78, 5) is 13.7. The second kappa shape index (κ2) is 4.15. The minimum Gasteiger partial charge on any atom is -0.508 e. The number of esters is 1. The van der Waals surface area contributed by atoms with Gasteiger partial charge >= 0.3 is 5.97 Å². The lowest BCUT2D eigenvalue weighted by Crippen LogP contribution is -2.00. The summed E-state index contributed by atoms with van der Waals surface area (Å²) >= 11 is 0. The number of hydrogen-bond donors (Lipinski definition) is 1. The van der Waals surface area contributed by atoms with Crippen LogP contribution in [0.1, 0.15) is 10.4 Å². The van der Waals surface area contributed by atoms with E-state index in [0.717, 1.165) is 0 Å². The Morgan fingerprint density at radius 3 is 2.93 bits per heavy atom. The van der Waals surface area contributed by atoms with Crippen LogP contribution in [0.4, 0.5) is 5.69 Å². The third-order valence-electron chi connectivity index (χ3n) is 1.54. The molecule has 6 nitrogen and oxygen atoms in total. The molecule has 0 amide bonds. The van der Waals surface area contributed by atoms with Crippen LogP contribution < -0.4 is 0 Å². The molecule has 0 aromatic heterocycles. The van der Waals surface area contributed by atoms with E-state index < -0.39 is 5.97 Å². The molecule has 0 saturated heterocycles. The van der Waals surface area contributed by atoms with Crippen LogP contribution >= 0.6 is 0 Å². The molecule has 1 aromatic carbocycles. The highest BCUT2D eigenvalue weighted by atomic mass is 16.5. The van der Waals surface area contributed by atoms with Gasteiger partial charge in [-0.2, -0.15) is 0 Å². The number of methoxy groups -OCH3 is 1. The van der Waals surface area contributed by atoms with Crippen LogP contribution in [0, 0.1) is 0 Å². The zero-order valence-corrected chi connectivity index (χ0v) is 7.34. The molecular weight excluding hydrogens is 186 g/mol. The minimum atomic E-state index is -0.618. The molecule has 14 heavy (non-hydrogen) atoms. The second-order valence-corrected chi connectivity index (χ2v) is 2.38. The Bertz CT molecular complexity index is 410. The number of ether oxygens (including phenoxy) is 1. The predicted octanol–water partition coefficient (Wildman–Crippen LogP) is 2.12. The van der Waals surface area contributed by atoms with Gasteiger partial charge in [0.2, 0.25) is 0 Å². The van der Waals surface area contributed by atoms with E-state index in [1.807, 2.05) is 0 Å². The highest BCUT2D eigenvalue weighted by molar-refractivity contribution is 5.95. The summed E-state index contributed by atoms with van der Waals surface area (Å²) in [5.41, 5.74) is 8.37. The van der Waals surface area contributed by atoms with Crippen molar-refractivity contribution < 1.29 is 14.6 Å². The first-order valence-electron chi connectivity index (χ1n) is 3.65. The number of rotatable bonds is 2. The largest absolute Gasteiger partial charge is 0.508 e. The van der Waals surface area contributed by atoms with Crippen molar-refractivity contribution in [2.24, 2.45) is 5.11 Å². The van der Waals surface area contributed by atoms with E-state index in [4.69, 9.17) is 10.6 Å². The van der Waals surface area contributed by atoms with Gasteiger partial charge in [0.05, 0.1) is 18.4 Å². The van der Waals surface area contributed by atoms with Gasteiger partial charge in [-0.15, -0.1) is 0 Å². The number of carbonyl (C=O) groups is 1. The summed E-state index contributed by atoms with van der Waals surface area (Å²) in [6, 6.07) is 3.82. The number of hydrogen-bond acceptors (Lipinski definition) is 4. The van der Waals surface area contributed by atoms with Crippen molar-refractivity contribution in [3.8, 4) is 5.75 Å². The maximum atomic E-state index is 11.1. The van der Waals surface area contributed by atoms with Gasteiger partial charge in [-0.1, -0.05) is 5.11 Å². The summed E-state index contributed by atoms with van der Waals surface area (Å²) in [7, 11) is 1.22. The average molecular weight is 193 g/mol. The van der Waals surface area contributed by atoms with Crippen LogP contribution in [0.3, 0.4) is 0 Å². The molecule has 0 aliphatic carbocycles. The van der Waals surface area contributed by atoms with Crippen molar-refractivity contribution >= 4 is 11.7 Å².